The predicted molar refractivity (Wildman–Crippen MR) is 133 cm³/mol. The van der Waals surface area contributed by atoms with Crippen LogP contribution in [-0.2, 0) is 9.59 Å². The maximum absolute atomic E-state index is 13.2. The van der Waals surface area contributed by atoms with Gasteiger partial charge in [-0.15, -0.1) is 0 Å². The number of rotatable bonds is 7. The molecule has 1 saturated heterocycles. The van der Waals surface area contributed by atoms with Crippen molar-refractivity contribution in [3.05, 3.63) is 99.0 Å². The first kappa shape index (κ1) is 25.3. The number of imide groups is 1. The van der Waals surface area contributed by atoms with Crippen molar-refractivity contribution in [2.24, 2.45) is 0 Å². The molecule has 0 N–H and O–H groups in total. The van der Waals surface area contributed by atoms with E-state index in [1.165, 1.54) is 48.5 Å². The van der Waals surface area contributed by atoms with E-state index in [0.717, 1.165) is 14.5 Å². The maximum atomic E-state index is 13.2. The molecule has 0 aliphatic carbocycles. The van der Waals surface area contributed by atoms with Crippen LogP contribution in [-0.4, -0.2) is 46.0 Å². The first-order valence-electron chi connectivity index (χ1n) is 10.8. The first-order valence-corrected chi connectivity index (χ1v) is 11.9. The quantitative estimate of drug-likeness (QED) is 0.177. The zero-order valence-electron chi connectivity index (χ0n) is 18.6. The number of hydrogen-bond donors (Lipinski definition) is 0. The fourth-order valence-corrected chi connectivity index (χ4v) is 3.89. The van der Waals surface area contributed by atoms with Gasteiger partial charge in [-0.1, -0.05) is 27.5 Å². The Balaban J connectivity index is 1.51. The number of halogens is 2. The molecule has 1 aliphatic heterocycles. The van der Waals surface area contributed by atoms with Crippen LogP contribution in [0, 0.1) is 0 Å². The van der Waals surface area contributed by atoms with Crippen LogP contribution in [0.4, 0.5) is 0 Å². The average molecular weight is 570 g/mol. The number of esters is 1. The minimum atomic E-state index is -0.691. The van der Waals surface area contributed by atoms with E-state index in [2.05, 4.69) is 15.9 Å². The molecule has 1 aliphatic rings. The van der Waals surface area contributed by atoms with Crippen molar-refractivity contribution in [3.8, 4) is 5.75 Å². The number of carbonyl (C=O) groups excluding carboxylic acids is 5. The van der Waals surface area contributed by atoms with Gasteiger partial charge in [-0.25, -0.2) is 9.80 Å². The lowest BCUT2D eigenvalue weighted by atomic mass is 10.1. The van der Waals surface area contributed by atoms with Crippen LogP contribution in [0.15, 0.2) is 77.3 Å². The zero-order valence-corrected chi connectivity index (χ0v) is 21.0. The highest BCUT2D eigenvalue weighted by molar-refractivity contribution is 9.10. The summed E-state index contributed by atoms with van der Waals surface area (Å²) in [6.07, 6.45) is -0.0916. The number of ketones is 1. The Morgan fingerprint density at radius 3 is 1.92 bits per heavy atom. The van der Waals surface area contributed by atoms with Crippen LogP contribution in [0.25, 0.3) is 0 Å². The molecule has 3 aromatic carbocycles. The van der Waals surface area contributed by atoms with Crippen LogP contribution in [0.3, 0.4) is 0 Å². The van der Waals surface area contributed by atoms with E-state index in [0.29, 0.717) is 10.6 Å². The maximum Gasteiger partial charge on any atom is 0.343 e. The standard InChI is InChI=1S/C26H18BrClN2O6/c27-19-7-1-18(2-8-19)26(35)36-21-11-5-16(6-12-21)22(31)15-29(30-23(32)13-14-24(30)33)25(34)17-3-9-20(28)10-4-17/h1-12H,13-15H2. The van der Waals surface area contributed by atoms with E-state index >= 15 is 0 Å². The van der Waals surface area contributed by atoms with Crippen molar-refractivity contribution in [2.75, 3.05) is 6.54 Å². The lowest BCUT2D eigenvalue weighted by Crippen LogP contribution is -2.51. The third kappa shape index (κ3) is 5.69. The number of ether oxygens (including phenoxy) is 1. The summed E-state index contributed by atoms with van der Waals surface area (Å²) in [6.45, 7) is -0.545. The Labute approximate surface area is 219 Å². The molecule has 0 unspecified atom stereocenters. The summed E-state index contributed by atoms with van der Waals surface area (Å²) < 4.78 is 6.15. The second-order valence-corrected chi connectivity index (χ2v) is 9.17. The van der Waals surface area contributed by atoms with E-state index in [-0.39, 0.29) is 29.7 Å². The van der Waals surface area contributed by atoms with E-state index < -0.39 is 36.0 Å². The molecule has 8 nitrogen and oxygen atoms in total. The Hall–Kier alpha value is -3.82. The van der Waals surface area contributed by atoms with Gasteiger partial charge < -0.3 is 4.74 Å². The van der Waals surface area contributed by atoms with Crippen molar-refractivity contribution in [1.82, 2.24) is 10.0 Å². The Morgan fingerprint density at radius 2 is 1.33 bits per heavy atom. The molecule has 36 heavy (non-hydrogen) atoms. The second kappa shape index (κ2) is 10.8. The first-order chi connectivity index (χ1) is 17.2. The minimum Gasteiger partial charge on any atom is -0.423 e. The normalized spacial score (nSPS) is 13.0. The number of benzene rings is 3. The summed E-state index contributed by atoms with van der Waals surface area (Å²) in [5.74, 6) is -2.68. The van der Waals surface area contributed by atoms with Crippen molar-refractivity contribution in [3.63, 3.8) is 0 Å². The molecule has 0 radical (unpaired) electrons. The minimum absolute atomic E-state index is 0.0458. The van der Waals surface area contributed by atoms with Crippen LogP contribution in [0.5, 0.6) is 5.75 Å². The number of Topliss-reactive ketones (excluding diaryl/α,β-unsaturated/α-hetero) is 1. The van der Waals surface area contributed by atoms with E-state index in [9.17, 15) is 24.0 Å². The fourth-order valence-electron chi connectivity index (χ4n) is 3.50. The zero-order chi connectivity index (χ0) is 25.8. The SMILES string of the molecule is O=C(CN(C(=O)c1ccc(Cl)cc1)N1C(=O)CCC1=O)c1ccc(OC(=O)c2ccc(Br)cc2)cc1. The summed E-state index contributed by atoms with van der Waals surface area (Å²) in [7, 11) is 0. The van der Waals surface area contributed by atoms with Crippen LogP contribution >= 0.6 is 27.5 Å². The summed E-state index contributed by atoms with van der Waals surface area (Å²) >= 11 is 9.19. The number of amides is 3. The smallest absolute Gasteiger partial charge is 0.343 e. The summed E-state index contributed by atoms with van der Waals surface area (Å²) in [5.41, 5.74) is 0.719. The van der Waals surface area contributed by atoms with E-state index in [1.54, 1.807) is 24.3 Å². The van der Waals surface area contributed by atoms with Gasteiger partial charge in [0.1, 0.15) is 12.3 Å². The summed E-state index contributed by atoms with van der Waals surface area (Å²) in [4.78, 5) is 63.2. The van der Waals surface area contributed by atoms with Gasteiger partial charge in [0.2, 0.25) is 11.8 Å². The monoisotopic (exact) mass is 568 g/mol. The second-order valence-electron chi connectivity index (χ2n) is 7.81. The highest BCUT2D eigenvalue weighted by Gasteiger charge is 2.38. The molecule has 3 aromatic rings. The van der Waals surface area contributed by atoms with Crippen molar-refractivity contribution < 1.29 is 28.7 Å². The van der Waals surface area contributed by atoms with Gasteiger partial charge in [-0.2, -0.15) is 5.01 Å². The fraction of sp³-hybridized carbons (Fsp3) is 0.115. The van der Waals surface area contributed by atoms with Crippen LogP contribution < -0.4 is 4.74 Å². The molecule has 1 heterocycles. The highest BCUT2D eigenvalue weighted by atomic mass is 79.9. The van der Waals surface area contributed by atoms with Gasteiger partial charge in [-0.05, 0) is 72.8 Å². The Bertz CT molecular complexity index is 1320. The number of carbonyl (C=O) groups is 5. The van der Waals surface area contributed by atoms with Crippen molar-refractivity contribution >= 4 is 57.0 Å². The molecule has 182 valence electrons. The Kier molecular flexibility index (Phi) is 7.61. The molecule has 1 fully saturated rings. The Morgan fingerprint density at radius 1 is 0.806 bits per heavy atom. The highest BCUT2D eigenvalue weighted by Crippen LogP contribution is 2.21. The largest absolute Gasteiger partial charge is 0.423 e. The molecule has 4 rings (SSSR count). The summed E-state index contributed by atoms with van der Waals surface area (Å²) in [6, 6.07) is 18.3. The molecule has 10 heteroatoms. The lowest BCUT2D eigenvalue weighted by molar-refractivity contribution is -0.152. The predicted octanol–water partition coefficient (Wildman–Crippen LogP) is 4.71. The van der Waals surface area contributed by atoms with Crippen LogP contribution in [0.1, 0.15) is 43.9 Å². The molecular formula is C26H18BrClN2O6. The van der Waals surface area contributed by atoms with E-state index in [1.807, 2.05) is 0 Å². The van der Waals surface area contributed by atoms with Gasteiger partial charge in [0, 0.05) is 33.5 Å². The third-order valence-electron chi connectivity index (χ3n) is 5.35. The molecule has 0 bridgehead atoms. The molecule has 0 atom stereocenters. The number of nitrogens with zero attached hydrogens (tertiary/aromatic N) is 2. The topological polar surface area (TPSA) is 101 Å². The van der Waals surface area contributed by atoms with Gasteiger partial charge in [0.25, 0.3) is 5.91 Å². The van der Waals surface area contributed by atoms with Gasteiger partial charge in [0.15, 0.2) is 5.78 Å². The molecular weight excluding hydrogens is 552 g/mol. The number of hydrazine groups is 1. The number of hydrogen-bond acceptors (Lipinski definition) is 6. The van der Waals surface area contributed by atoms with Gasteiger partial charge >= 0.3 is 5.97 Å². The van der Waals surface area contributed by atoms with E-state index in [4.69, 9.17) is 16.3 Å². The molecule has 0 spiro atoms. The van der Waals surface area contributed by atoms with Crippen molar-refractivity contribution in [2.45, 2.75) is 12.8 Å². The average Bonchev–Trinajstić information content (AvgIpc) is 3.20. The van der Waals surface area contributed by atoms with Gasteiger partial charge in [0.05, 0.1) is 5.56 Å². The van der Waals surface area contributed by atoms with Gasteiger partial charge in [-0.3, -0.25) is 19.2 Å². The summed E-state index contributed by atoms with van der Waals surface area (Å²) in [5, 5.41) is 1.98. The van der Waals surface area contributed by atoms with Crippen LogP contribution in [0.2, 0.25) is 5.02 Å². The molecule has 0 aromatic heterocycles. The molecule has 3 amide bonds. The molecule has 0 saturated carbocycles. The third-order valence-corrected chi connectivity index (χ3v) is 6.13. The lowest BCUT2D eigenvalue weighted by Gasteiger charge is -2.29. The van der Waals surface area contributed by atoms with Crippen molar-refractivity contribution in [1.29, 1.82) is 0 Å².